The summed E-state index contributed by atoms with van der Waals surface area (Å²) in [5.41, 5.74) is 3.56. The van der Waals surface area contributed by atoms with E-state index in [1.165, 1.54) is 0 Å². The number of rotatable bonds is 6. The van der Waals surface area contributed by atoms with Gasteiger partial charge in [-0.25, -0.2) is 0 Å². The van der Waals surface area contributed by atoms with E-state index in [2.05, 4.69) is 10.5 Å². The summed E-state index contributed by atoms with van der Waals surface area (Å²) in [4.78, 5) is 11.9. The molecule has 124 valence electrons. The second-order valence-corrected chi connectivity index (χ2v) is 5.52. The van der Waals surface area contributed by atoms with E-state index in [9.17, 15) is 4.79 Å². The molecule has 0 fully saturated rings. The molecule has 2 heterocycles. The predicted octanol–water partition coefficient (Wildman–Crippen LogP) is 3.71. The van der Waals surface area contributed by atoms with Gasteiger partial charge in [-0.2, -0.15) is 0 Å². The standard InChI is InChI=1S/C18H18N2O4/c1-12-5-6-15(13(2)8-12)19-18(21)11-22-10-14-9-17(24-20-14)16-4-3-7-23-16/h3-9H,10-11H2,1-2H3,(H,19,21). The summed E-state index contributed by atoms with van der Waals surface area (Å²) in [7, 11) is 0. The minimum atomic E-state index is -0.211. The van der Waals surface area contributed by atoms with Gasteiger partial charge in [-0.05, 0) is 37.6 Å². The van der Waals surface area contributed by atoms with Crippen molar-refractivity contribution >= 4 is 11.6 Å². The molecule has 0 unspecified atom stereocenters. The highest BCUT2D eigenvalue weighted by Crippen LogP contribution is 2.20. The van der Waals surface area contributed by atoms with Crippen molar-refractivity contribution in [1.29, 1.82) is 0 Å². The van der Waals surface area contributed by atoms with E-state index in [1.54, 1.807) is 24.5 Å². The Hall–Kier alpha value is -2.86. The number of anilines is 1. The molecule has 1 amide bonds. The monoisotopic (exact) mass is 326 g/mol. The first kappa shape index (κ1) is 16.0. The van der Waals surface area contributed by atoms with Gasteiger partial charge >= 0.3 is 0 Å². The van der Waals surface area contributed by atoms with Gasteiger partial charge in [-0.3, -0.25) is 4.79 Å². The largest absolute Gasteiger partial charge is 0.461 e. The summed E-state index contributed by atoms with van der Waals surface area (Å²) in [6, 6.07) is 11.1. The van der Waals surface area contributed by atoms with E-state index >= 15 is 0 Å². The number of nitrogens with zero attached hydrogens (tertiary/aromatic N) is 1. The molecule has 0 aliphatic rings. The number of hydrogen-bond donors (Lipinski definition) is 1. The van der Waals surface area contributed by atoms with Crippen LogP contribution in [0, 0.1) is 13.8 Å². The summed E-state index contributed by atoms with van der Waals surface area (Å²) in [6.45, 7) is 4.09. The highest BCUT2D eigenvalue weighted by Gasteiger charge is 2.10. The molecular formula is C18H18N2O4. The predicted molar refractivity (Wildman–Crippen MR) is 88.4 cm³/mol. The van der Waals surface area contributed by atoms with E-state index in [4.69, 9.17) is 13.7 Å². The molecule has 0 saturated heterocycles. The number of aromatic nitrogens is 1. The Morgan fingerprint density at radius 1 is 1.21 bits per heavy atom. The molecule has 6 heteroatoms. The van der Waals surface area contributed by atoms with Crippen molar-refractivity contribution < 1.29 is 18.5 Å². The third kappa shape index (κ3) is 3.91. The third-order valence-electron chi connectivity index (χ3n) is 3.46. The fraction of sp³-hybridized carbons (Fsp3) is 0.222. The normalized spacial score (nSPS) is 10.8. The number of hydrogen-bond acceptors (Lipinski definition) is 5. The van der Waals surface area contributed by atoms with Crippen LogP contribution in [-0.4, -0.2) is 17.7 Å². The van der Waals surface area contributed by atoms with Gasteiger partial charge in [0.25, 0.3) is 0 Å². The van der Waals surface area contributed by atoms with Crippen LogP contribution in [0.15, 0.2) is 51.6 Å². The molecule has 6 nitrogen and oxygen atoms in total. The minimum absolute atomic E-state index is 0.0593. The number of furan rings is 1. The van der Waals surface area contributed by atoms with E-state index in [1.807, 2.05) is 32.0 Å². The van der Waals surface area contributed by atoms with Crippen molar-refractivity contribution in [3.63, 3.8) is 0 Å². The average Bonchev–Trinajstić information content (AvgIpc) is 3.21. The molecule has 2 aromatic heterocycles. The van der Waals surface area contributed by atoms with Gasteiger partial charge in [0.2, 0.25) is 11.7 Å². The van der Waals surface area contributed by atoms with Gasteiger partial charge in [0, 0.05) is 11.8 Å². The van der Waals surface area contributed by atoms with Gasteiger partial charge in [0.05, 0.1) is 12.9 Å². The first-order valence-corrected chi connectivity index (χ1v) is 7.56. The van der Waals surface area contributed by atoms with E-state index in [-0.39, 0.29) is 19.1 Å². The number of ether oxygens (including phenoxy) is 1. The van der Waals surface area contributed by atoms with Crippen molar-refractivity contribution in [1.82, 2.24) is 5.16 Å². The summed E-state index contributed by atoms with van der Waals surface area (Å²) < 4.78 is 15.8. The third-order valence-corrected chi connectivity index (χ3v) is 3.46. The van der Waals surface area contributed by atoms with Crippen LogP contribution in [0.5, 0.6) is 0 Å². The number of carbonyl (C=O) groups is 1. The fourth-order valence-electron chi connectivity index (χ4n) is 2.30. The zero-order valence-corrected chi connectivity index (χ0v) is 13.5. The van der Waals surface area contributed by atoms with Gasteiger partial charge in [-0.1, -0.05) is 22.9 Å². The fourth-order valence-corrected chi connectivity index (χ4v) is 2.30. The molecule has 0 saturated carbocycles. The Morgan fingerprint density at radius 3 is 2.83 bits per heavy atom. The van der Waals surface area contributed by atoms with E-state index < -0.39 is 0 Å². The lowest BCUT2D eigenvalue weighted by Crippen LogP contribution is -2.18. The Labute approximate surface area is 139 Å². The van der Waals surface area contributed by atoms with Crippen LogP contribution in [0.3, 0.4) is 0 Å². The van der Waals surface area contributed by atoms with Crippen LogP contribution in [0.1, 0.15) is 16.8 Å². The molecule has 3 rings (SSSR count). The maximum atomic E-state index is 11.9. The van der Waals surface area contributed by atoms with Crippen LogP contribution < -0.4 is 5.32 Å². The molecular weight excluding hydrogens is 308 g/mol. The maximum absolute atomic E-state index is 11.9. The second kappa shape index (κ2) is 7.14. The van der Waals surface area contributed by atoms with Crippen LogP contribution in [0.25, 0.3) is 11.5 Å². The SMILES string of the molecule is Cc1ccc(NC(=O)COCc2cc(-c3ccco3)on2)c(C)c1. The van der Waals surface area contributed by atoms with Crippen molar-refractivity contribution in [2.24, 2.45) is 0 Å². The van der Waals surface area contributed by atoms with Crippen LogP contribution >= 0.6 is 0 Å². The Bertz CT molecular complexity index is 821. The van der Waals surface area contributed by atoms with Crippen LogP contribution in [0.4, 0.5) is 5.69 Å². The van der Waals surface area contributed by atoms with Gasteiger partial charge < -0.3 is 19.0 Å². The zero-order chi connectivity index (χ0) is 16.9. The molecule has 24 heavy (non-hydrogen) atoms. The van der Waals surface area contributed by atoms with Crippen LogP contribution in [0.2, 0.25) is 0 Å². The number of aryl methyl sites for hydroxylation is 2. The Balaban J connectivity index is 1.48. The summed E-state index contributed by atoms with van der Waals surface area (Å²) in [6.07, 6.45) is 1.56. The van der Waals surface area contributed by atoms with Gasteiger partial charge in [-0.15, -0.1) is 0 Å². The molecule has 1 N–H and O–H groups in total. The van der Waals surface area contributed by atoms with Crippen molar-refractivity contribution in [2.75, 3.05) is 11.9 Å². The van der Waals surface area contributed by atoms with E-state index in [0.717, 1.165) is 16.8 Å². The molecule has 0 spiro atoms. The first-order chi connectivity index (χ1) is 11.6. The van der Waals surface area contributed by atoms with E-state index in [0.29, 0.717) is 17.2 Å². The highest BCUT2D eigenvalue weighted by molar-refractivity contribution is 5.92. The number of benzene rings is 1. The lowest BCUT2D eigenvalue weighted by molar-refractivity contribution is -0.121. The summed E-state index contributed by atoms with van der Waals surface area (Å²) in [5.74, 6) is 0.913. The average molecular weight is 326 g/mol. The maximum Gasteiger partial charge on any atom is 0.250 e. The highest BCUT2D eigenvalue weighted by atomic mass is 16.5. The topological polar surface area (TPSA) is 77.5 Å². The lowest BCUT2D eigenvalue weighted by atomic mass is 10.1. The van der Waals surface area contributed by atoms with Crippen molar-refractivity contribution in [2.45, 2.75) is 20.5 Å². The molecule has 0 atom stereocenters. The second-order valence-electron chi connectivity index (χ2n) is 5.52. The molecule has 1 aromatic carbocycles. The molecule has 0 radical (unpaired) electrons. The van der Waals surface area contributed by atoms with Crippen molar-refractivity contribution in [3.8, 4) is 11.5 Å². The Morgan fingerprint density at radius 2 is 2.08 bits per heavy atom. The zero-order valence-electron chi connectivity index (χ0n) is 13.5. The molecule has 0 aliphatic carbocycles. The summed E-state index contributed by atoms with van der Waals surface area (Å²) >= 11 is 0. The molecule has 0 bridgehead atoms. The molecule has 0 aliphatic heterocycles. The smallest absolute Gasteiger partial charge is 0.250 e. The number of amides is 1. The number of nitrogens with one attached hydrogen (secondary N) is 1. The van der Waals surface area contributed by atoms with Crippen molar-refractivity contribution in [3.05, 3.63) is 59.5 Å². The number of carbonyl (C=O) groups excluding carboxylic acids is 1. The lowest BCUT2D eigenvalue weighted by Gasteiger charge is -2.09. The quantitative estimate of drug-likeness (QED) is 0.747. The summed E-state index contributed by atoms with van der Waals surface area (Å²) in [5, 5.41) is 6.71. The minimum Gasteiger partial charge on any atom is -0.461 e. The van der Waals surface area contributed by atoms with Gasteiger partial charge in [0.15, 0.2) is 5.76 Å². The van der Waals surface area contributed by atoms with Gasteiger partial charge in [0.1, 0.15) is 12.3 Å². The Kier molecular flexibility index (Phi) is 4.77. The molecule has 3 aromatic rings. The van der Waals surface area contributed by atoms with Crippen LogP contribution in [-0.2, 0) is 16.1 Å². The first-order valence-electron chi connectivity index (χ1n) is 7.56.